The van der Waals surface area contributed by atoms with E-state index in [0.29, 0.717) is 22.6 Å². The maximum Gasteiger partial charge on any atom is 0.197 e. The van der Waals surface area contributed by atoms with E-state index >= 15 is 0 Å². The number of anilines is 2. The molecule has 1 aromatic heterocycles. The maximum absolute atomic E-state index is 13.3. The van der Waals surface area contributed by atoms with Crippen LogP contribution in [0.4, 0.5) is 15.8 Å². The molecule has 0 atom stereocenters. The zero-order chi connectivity index (χ0) is 24.8. The Labute approximate surface area is 214 Å². The molecule has 4 rings (SSSR count). The second-order valence-electron chi connectivity index (χ2n) is 8.23. The number of hydrogen-bond acceptors (Lipinski definition) is 6. The van der Waals surface area contributed by atoms with Gasteiger partial charge in [-0.25, -0.2) is 9.38 Å². The monoisotopic (exact) mass is 508 g/mol. The van der Waals surface area contributed by atoms with Crippen molar-refractivity contribution in [3.05, 3.63) is 101 Å². The maximum atomic E-state index is 13.3. The van der Waals surface area contributed by atoms with E-state index in [-0.39, 0.29) is 5.02 Å². The minimum absolute atomic E-state index is 0.0671. The number of amidine groups is 2. The quantitative estimate of drug-likeness (QED) is 0.383. The lowest BCUT2D eigenvalue weighted by Crippen LogP contribution is -2.22. The molecule has 2 heterocycles. The van der Waals surface area contributed by atoms with E-state index < -0.39 is 5.82 Å². The number of hydrogen-bond donors (Lipinski definition) is 1. The Morgan fingerprint density at radius 3 is 2.51 bits per heavy atom. The van der Waals surface area contributed by atoms with Crippen molar-refractivity contribution < 1.29 is 4.39 Å². The molecule has 2 aromatic carbocycles. The molecule has 0 saturated carbocycles. The Kier molecular flexibility index (Phi) is 8.05. The molecule has 0 radical (unpaired) electrons. The first kappa shape index (κ1) is 24.8. The predicted octanol–water partition coefficient (Wildman–Crippen LogP) is 6.37. The highest BCUT2D eigenvalue weighted by Crippen LogP contribution is 2.26. The molecule has 0 unspecified atom stereocenters. The summed E-state index contributed by atoms with van der Waals surface area (Å²) in [6.45, 7) is 3.50. The lowest BCUT2D eigenvalue weighted by Gasteiger charge is -2.26. The predicted molar refractivity (Wildman–Crippen MR) is 146 cm³/mol. The molecule has 1 N–H and O–H groups in total. The zero-order valence-corrected chi connectivity index (χ0v) is 21.3. The van der Waals surface area contributed by atoms with E-state index in [1.807, 2.05) is 39.5 Å². The SMILES string of the molecule is CC(=CN=C1N=C(Nc2ccc(F)c(Cl)c2)S1)N(Cc1ccc(N(C)C)cc1)Cc1cccnc1. The molecule has 0 bridgehead atoms. The summed E-state index contributed by atoms with van der Waals surface area (Å²) in [6.07, 6.45) is 5.49. The van der Waals surface area contributed by atoms with Gasteiger partial charge in [-0.15, -0.1) is 0 Å². The number of nitrogens with one attached hydrogen (secondary N) is 1. The molecule has 3 aromatic rings. The second kappa shape index (κ2) is 11.4. The summed E-state index contributed by atoms with van der Waals surface area (Å²) in [4.78, 5) is 17.5. The number of rotatable bonds is 8. The Morgan fingerprint density at radius 1 is 1.11 bits per heavy atom. The van der Waals surface area contributed by atoms with Gasteiger partial charge in [0.1, 0.15) is 5.82 Å². The van der Waals surface area contributed by atoms with Gasteiger partial charge in [0.05, 0.1) is 5.02 Å². The molecular weight excluding hydrogens is 483 g/mol. The summed E-state index contributed by atoms with van der Waals surface area (Å²) in [5.41, 5.74) is 5.19. The van der Waals surface area contributed by atoms with Crippen molar-refractivity contribution in [3.8, 4) is 0 Å². The van der Waals surface area contributed by atoms with Crippen LogP contribution in [0.15, 0.2) is 88.9 Å². The number of aliphatic imine (C=N–C) groups is 2. The van der Waals surface area contributed by atoms with Gasteiger partial charge in [-0.1, -0.05) is 29.8 Å². The molecule has 0 fully saturated rings. The van der Waals surface area contributed by atoms with E-state index in [1.165, 1.54) is 35.1 Å². The van der Waals surface area contributed by atoms with Crippen molar-refractivity contribution in [1.82, 2.24) is 9.88 Å². The van der Waals surface area contributed by atoms with Crippen LogP contribution in [0.3, 0.4) is 0 Å². The fourth-order valence-corrected chi connectivity index (χ4v) is 4.12. The van der Waals surface area contributed by atoms with Crippen LogP contribution in [-0.4, -0.2) is 34.3 Å². The molecule has 0 spiro atoms. The van der Waals surface area contributed by atoms with Gasteiger partial charge in [0.2, 0.25) is 0 Å². The summed E-state index contributed by atoms with van der Waals surface area (Å²) in [5.74, 6) is -0.451. The standard InChI is InChI=1S/C26H26ClFN6S/c1-18(14-30-25-32-26(35-25)31-21-8-11-24(28)23(27)13-21)34(17-20-5-4-12-29-15-20)16-19-6-9-22(10-7-19)33(2)3/h4-15H,16-17H2,1-3H3,(H,30,31,32). The normalized spacial score (nSPS) is 14.4. The molecule has 6 nitrogen and oxygen atoms in total. The highest BCUT2D eigenvalue weighted by Gasteiger charge is 2.18. The highest BCUT2D eigenvalue weighted by molar-refractivity contribution is 8.29. The second-order valence-corrected chi connectivity index (χ2v) is 9.60. The molecule has 1 aliphatic rings. The van der Waals surface area contributed by atoms with Gasteiger partial charge in [-0.05, 0) is 66.2 Å². The van der Waals surface area contributed by atoms with Crippen molar-refractivity contribution in [3.63, 3.8) is 0 Å². The minimum atomic E-state index is -0.451. The van der Waals surface area contributed by atoms with E-state index in [1.54, 1.807) is 12.3 Å². The third kappa shape index (κ3) is 6.83. The van der Waals surface area contributed by atoms with Crippen LogP contribution in [0.1, 0.15) is 18.1 Å². The van der Waals surface area contributed by atoms with Crippen molar-refractivity contribution in [1.29, 1.82) is 0 Å². The van der Waals surface area contributed by atoms with Crippen LogP contribution in [0.2, 0.25) is 5.02 Å². The number of thioether (sulfide) groups is 1. The lowest BCUT2D eigenvalue weighted by atomic mass is 10.1. The first-order chi connectivity index (χ1) is 16.9. The first-order valence-electron chi connectivity index (χ1n) is 11.0. The molecule has 180 valence electrons. The third-order valence-corrected chi connectivity index (χ3v) is 6.39. The molecule has 0 aliphatic carbocycles. The summed E-state index contributed by atoms with van der Waals surface area (Å²) in [7, 11) is 4.07. The van der Waals surface area contributed by atoms with Crippen LogP contribution in [0.5, 0.6) is 0 Å². The van der Waals surface area contributed by atoms with Crippen LogP contribution >= 0.6 is 23.4 Å². The molecule has 9 heteroatoms. The fourth-order valence-electron chi connectivity index (χ4n) is 3.35. The Morgan fingerprint density at radius 2 is 1.86 bits per heavy atom. The number of pyridine rings is 1. The molecule has 1 aliphatic heterocycles. The number of halogens is 2. The topological polar surface area (TPSA) is 56.1 Å². The van der Waals surface area contributed by atoms with E-state index in [0.717, 1.165) is 17.8 Å². The molecule has 0 amide bonds. The largest absolute Gasteiger partial charge is 0.378 e. The summed E-state index contributed by atoms with van der Waals surface area (Å²) in [5, 5.41) is 4.51. The van der Waals surface area contributed by atoms with Crippen molar-refractivity contribution >= 4 is 45.1 Å². The fraction of sp³-hybridized carbons (Fsp3) is 0.192. The van der Waals surface area contributed by atoms with Crippen LogP contribution in [0.25, 0.3) is 0 Å². The summed E-state index contributed by atoms with van der Waals surface area (Å²) in [6, 6.07) is 17.0. The van der Waals surface area contributed by atoms with Gasteiger partial charge < -0.3 is 15.1 Å². The van der Waals surface area contributed by atoms with Gasteiger partial charge in [-0.2, -0.15) is 4.99 Å². The van der Waals surface area contributed by atoms with Gasteiger partial charge in [0, 0.05) is 62.9 Å². The summed E-state index contributed by atoms with van der Waals surface area (Å²) >= 11 is 7.25. The van der Waals surface area contributed by atoms with Gasteiger partial charge >= 0.3 is 0 Å². The smallest absolute Gasteiger partial charge is 0.197 e. The van der Waals surface area contributed by atoms with Crippen LogP contribution in [0, 0.1) is 5.82 Å². The number of benzene rings is 2. The molecular formula is C26H26ClFN6S. The number of nitrogens with zero attached hydrogens (tertiary/aromatic N) is 5. The van der Waals surface area contributed by atoms with Gasteiger partial charge in [0.25, 0.3) is 0 Å². The Bertz CT molecular complexity index is 1260. The highest BCUT2D eigenvalue weighted by atomic mass is 35.5. The van der Waals surface area contributed by atoms with Crippen molar-refractivity contribution in [2.45, 2.75) is 20.0 Å². The van der Waals surface area contributed by atoms with Crippen molar-refractivity contribution in [2.75, 3.05) is 24.3 Å². The van der Waals surface area contributed by atoms with E-state index in [9.17, 15) is 4.39 Å². The van der Waals surface area contributed by atoms with Gasteiger partial charge in [-0.3, -0.25) is 4.98 Å². The molecule has 35 heavy (non-hydrogen) atoms. The zero-order valence-electron chi connectivity index (χ0n) is 19.7. The first-order valence-corrected chi connectivity index (χ1v) is 12.2. The van der Waals surface area contributed by atoms with Crippen LogP contribution < -0.4 is 10.2 Å². The average Bonchev–Trinajstić information content (AvgIpc) is 2.83. The van der Waals surface area contributed by atoms with E-state index in [2.05, 4.69) is 60.4 Å². The third-order valence-electron chi connectivity index (χ3n) is 5.34. The minimum Gasteiger partial charge on any atom is -0.378 e. The van der Waals surface area contributed by atoms with Gasteiger partial charge in [0.15, 0.2) is 10.3 Å². The lowest BCUT2D eigenvalue weighted by molar-refractivity contribution is 0.328. The molecule has 0 saturated heterocycles. The Hall–Kier alpha value is -3.36. The summed E-state index contributed by atoms with van der Waals surface area (Å²) < 4.78 is 13.3. The van der Waals surface area contributed by atoms with Crippen LogP contribution in [-0.2, 0) is 13.1 Å². The number of aromatic nitrogens is 1. The Balaban J connectivity index is 1.45. The van der Waals surface area contributed by atoms with Crippen molar-refractivity contribution in [2.24, 2.45) is 9.98 Å². The van der Waals surface area contributed by atoms with E-state index in [4.69, 9.17) is 11.6 Å². The number of allylic oxidation sites excluding steroid dienone is 1. The average molecular weight is 509 g/mol.